The molecule has 6 heteroatoms. The standard InChI is InChI=1S/C20H16N2O4/c23-20(24)16-8-4-7-15(9-16)17-10-21-22(11-17)19-13-25-12-18(26-19)14-5-2-1-3-6-14/h1-2,4-5,7-13H,3,6H2,(H,23,24). The number of nitrogens with zero attached hydrogens (tertiary/aromatic N) is 2. The third-order valence-corrected chi connectivity index (χ3v) is 4.14. The fourth-order valence-corrected chi connectivity index (χ4v) is 2.79. The van der Waals surface area contributed by atoms with Gasteiger partial charge in [0.15, 0.2) is 12.0 Å². The summed E-state index contributed by atoms with van der Waals surface area (Å²) in [4.78, 5) is 11.1. The van der Waals surface area contributed by atoms with Gasteiger partial charge in [-0.3, -0.25) is 0 Å². The number of aromatic nitrogens is 2. The minimum Gasteiger partial charge on any atom is -0.478 e. The molecule has 26 heavy (non-hydrogen) atoms. The van der Waals surface area contributed by atoms with Crippen molar-refractivity contribution in [3.8, 4) is 11.1 Å². The Balaban J connectivity index is 1.56. The molecule has 130 valence electrons. The molecule has 0 bridgehead atoms. The van der Waals surface area contributed by atoms with Gasteiger partial charge in [0.25, 0.3) is 5.88 Å². The number of carbonyl (C=O) groups is 1. The van der Waals surface area contributed by atoms with Crippen molar-refractivity contribution in [1.29, 1.82) is 0 Å². The van der Waals surface area contributed by atoms with Crippen LogP contribution >= 0.6 is 0 Å². The Morgan fingerprint density at radius 3 is 2.96 bits per heavy atom. The van der Waals surface area contributed by atoms with E-state index in [9.17, 15) is 4.79 Å². The van der Waals surface area contributed by atoms with Crippen LogP contribution < -0.4 is 0 Å². The van der Waals surface area contributed by atoms with E-state index in [1.165, 1.54) is 6.26 Å². The fraction of sp³-hybridized carbons (Fsp3) is 0.100. The summed E-state index contributed by atoms with van der Waals surface area (Å²) in [5.74, 6) is 0.144. The molecule has 0 radical (unpaired) electrons. The van der Waals surface area contributed by atoms with Crippen LogP contribution in [0.5, 0.6) is 0 Å². The van der Waals surface area contributed by atoms with Gasteiger partial charge in [-0.05, 0) is 36.1 Å². The van der Waals surface area contributed by atoms with Crippen molar-refractivity contribution in [2.24, 2.45) is 0 Å². The van der Waals surface area contributed by atoms with Crippen LogP contribution in [0.2, 0.25) is 0 Å². The van der Waals surface area contributed by atoms with Crippen LogP contribution in [0.4, 0.5) is 0 Å². The molecule has 0 atom stereocenters. The van der Waals surface area contributed by atoms with Crippen LogP contribution in [0.15, 0.2) is 78.7 Å². The van der Waals surface area contributed by atoms with Crippen LogP contribution in [0.25, 0.3) is 17.0 Å². The van der Waals surface area contributed by atoms with Gasteiger partial charge in [-0.1, -0.05) is 30.4 Å². The lowest BCUT2D eigenvalue weighted by Crippen LogP contribution is -2.08. The zero-order chi connectivity index (χ0) is 17.9. The fourth-order valence-electron chi connectivity index (χ4n) is 2.79. The molecule has 0 saturated carbocycles. The van der Waals surface area contributed by atoms with Crippen molar-refractivity contribution >= 4 is 11.9 Å². The number of carboxylic acids is 1. The Hall–Kier alpha value is -3.54. The van der Waals surface area contributed by atoms with Crippen molar-refractivity contribution in [2.75, 3.05) is 0 Å². The van der Waals surface area contributed by atoms with Gasteiger partial charge < -0.3 is 14.6 Å². The molecule has 2 aliphatic rings. The van der Waals surface area contributed by atoms with Gasteiger partial charge in [-0.15, -0.1) is 0 Å². The average molecular weight is 348 g/mol. The summed E-state index contributed by atoms with van der Waals surface area (Å²) < 4.78 is 12.9. The lowest BCUT2D eigenvalue weighted by atomic mass is 10.0. The van der Waals surface area contributed by atoms with E-state index in [-0.39, 0.29) is 5.56 Å². The summed E-state index contributed by atoms with van der Waals surface area (Å²) in [6.45, 7) is 0. The molecule has 0 spiro atoms. The van der Waals surface area contributed by atoms with Gasteiger partial charge in [0, 0.05) is 11.8 Å². The summed E-state index contributed by atoms with van der Waals surface area (Å²) in [7, 11) is 0. The number of hydrogen-bond donors (Lipinski definition) is 1. The highest BCUT2D eigenvalue weighted by Crippen LogP contribution is 2.28. The van der Waals surface area contributed by atoms with E-state index in [1.54, 1.807) is 41.5 Å². The molecule has 1 aromatic carbocycles. The van der Waals surface area contributed by atoms with E-state index in [0.717, 1.165) is 29.5 Å². The molecule has 0 saturated heterocycles. The molecule has 6 nitrogen and oxygen atoms in total. The van der Waals surface area contributed by atoms with E-state index in [1.807, 2.05) is 18.2 Å². The van der Waals surface area contributed by atoms with Crippen molar-refractivity contribution in [3.05, 3.63) is 84.3 Å². The Morgan fingerprint density at radius 2 is 2.15 bits per heavy atom. The van der Waals surface area contributed by atoms with Crippen LogP contribution in [-0.2, 0) is 9.47 Å². The molecular formula is C20H16N2O4. The number of benzene rings is 1. The number of hydrogen-bond acceptors (Lipinski definition) is 4. The Bertz CT molecular complexity index is 979. The zero-order valence-electron chi connectivity index (χ0n) is 13.8. The maximum atomic E-state index is 11.1. The van der Waals surface area contributed by atoms with Crippen molar-refractivity contribution in [1.82, 2.24) is 9.78 Å². The molecule has 0 fully saturated rings. The van der Waals surface area contributed by atoms with Crippen LogP contribution in [0, 0.1) is 0 Å². The monoisotopic (exact) mass is 348 g/mol. The largest absolute Gasteiger partial charge is 0.478 e. The smallest absolute Gasteiger partial charge is 0.335 e. The second-order valence-electron chi connectivity index (χ2n) is 5.89. The van der Waals surface area contributed by atoms with Gasteiger partial charge in [-0.2, -0.15) is 5.10 Å². The molecule has 1 aliphatic carbocycles. The molecule has 2 aromatic rings. The maximum absolute atomic E-state index is 11.1. The predicted molar refractivity (Wildman–Crippen MR) is 95.6 cm³/mol. The highest BCUT2D eigenvalue weighted by Gasteiger charge is 2.17. The van der Waals surface area contributed by atoms with Crippen molar-refractivity contribution in [2.45, 2.75) is 12.8 Å². The summed E-state index contributed by atoms with van der Waals surface area (Å²) in [5, 5.41) is 13.4. The summed E-state index contributed by atoms with van der Waals surface area (Å²) in [5.41, 5.74) is 2.85. The highest BCUT2D eigenvalue weighted by atomic mass is 16.6. The lowest BCUT2D eigenvalue weighted by Gasteiger charge is -2.19. The van der Waals surface area contributed by atoms with Gasteiger partial charge in [0.05, 0.1) is 11.8 Å². The number of ether oxygens (including phenoxy) is 2. The molecule has 1 N–H and O–H groups in total. The number of carboxylic acid groups (broad SMARTS) is 1. The van der Waals surface area contributed by atoms with Crippen molar-refractivity contribution < 1.29 is 19.4 Å². The second-order valence-corrected chi connectivity index (χ2v) is 5.89. The topological polar surface area (TPSA) is 73.6 Å². The Kier molecular flexibility index (Phi) is 4.15. The molecule has 1 aliphatic heterocycles. The first-order valence-electron chi connectivity index (χ1n) is 8.19. The van der Waals surface area contributed by atoms with E-state index in [0.29, 0.717) is 11.6 Å². The molecule has 4 rings (SSSR count). The first-order chi connectivity index (χ1) is 12.7. The van der Waals surface area contributed by atoms with Crippen LogP contribution in [0.3, 0.4) is 0 Å². The number of rotatable bonds is 4. The minimum absolute atomic E-state index is 0.231. The van der Waals surface area contributed by atoms with Gasteiger partial charge in [-0.25, -0.2) is 9.48 Å². The SMILES string of the molecule is O=C(O)c1cccc(-c2cnn(C3=COC=C(C4=CC=CCC4)O3)c2)c1. The normalized spacial score (nSPS) is 16.1. The Labute approximate surface area is 150 Å². The summed E-state index contributed by atoms with van der Waals surface area (Å²) in [6, 6.07) is 6.71. The van der Waals surface area contributed by atoms with E-state index in [4.69, 9.17) is 14.6 Å². The predicted octanol–water partition coefficient (Wildman–Crippen LogP) is 4.17. The van der Waals surface area contributed by atoms with Crippen LogP contribution in [-0.4, -0.2) is 20.9 Å². The van der Waals surface area contributed by atoms with E-state index < -0.39 is 5.97 Å². The molecule has 2 heterocycles. The average Bonchev–Trinajstić information content (AvgIpc) is 3.19. The zero-order valence-corrected chi connectivity index (χ0v) is 13.8. The van der Waals surface area contributed by atoms with Crippen LogP contribution in [0.1, 0.15) is 23.2 Å². The van der Waals surface area contributed by atoms with E-state index in [2.05, 4.69) is 11.2 Å². The number of aromatic carboxylic acids is 1. The van der Waals surface area contributed by atoms with Gasteiger partial charge in [0.1, 0.15) is 6.26 Å². The molecular weight excluding hydrogens is 332 g/mol. The maximum Gasteiger partial charge on any atom is 0.335 e. The number of allylic oxidation sites excluding steroid dienone is 4. The second kappa shape index (κ2) is 6.76. The van der Waals surface area contributed by atoms with Crippen molar-refractivity contribution in [3.63, 3.8) is 0 Å². The van der Waals surface area contributed by atoms with Gasteiger partial charge in [0.2, 0.25) is 0 Å². The Morgan fingerprint density at radius 1 is 1.23 bits per heavy atom. The van der Waals surface area contributed by atoms with Gasteiger partial charge >= 0.3 is 5.97 Å². The lowest BCUT2D eigenvalue weighted by molar-refractivity contribution is 0.0697. The quantitative estimate of drug-likeness (QED) is 0.898. The third-order valence-electron chi connectivity index (χ3n) is 4.14. The third kappa shape index (κ3) is 3.17. The summed E-state index contributed by atoms with van der Waals surface area (Å²) in [6.07, 6.45) is 14.5. The molecule has 1 aromatic heterocycles. The highest BCUT2D eigenvalue weighted by molar-refractivity contribution is 5.89. The first kappa shape index (κ1) is 16.0. The molecule has 0 amide bonds. The summed E-state index contributed by atoms with van der Waals surface area (Å²) >= 11 is 0. The van der Waals surface area contributed by atoms with E-state index >= 15 is 0 Å². The molecule has 0 unspecified atom stereocenters. The minimum atomic E-state index is -0.962. The first-order valence-corrected chi connectivity index (χ1v) is 8.19.